The van der Waals surface area contributed by atoms with Gasteiger partial charge in [-0.15, -0.1) is 12.8 Å². The maximum Gasteiger partial charge on any atom is 4.00 e. The Hall–Kier alpha value is -1.22. The van der Waals surface area contributed by atoms with Crippen LogP contribution in [0.5, 0.6) is 0 Å². The number of rotatable bonds is 4. The van der Waals surface area contributed by atoms with E-state index in [4.69, 9.17) is 0 Å². The Morgan fingerprint density at radius 2 is 0.949 bits per heavy atom. The van der Waals surface area contributed by atoms with Crippen molar-refractivity contribution in [2.75, 3.05) is 0 Å². The molecule has 4 aliphatic carbocycles. The molecule has 200 valence electrons. The second-order valence-corrected chi connectivity index (χ2v) is 7.57. The van der Waals surface area contributed by atoms with Crippen molar-refractivity contribution in [3.8, 4) is 0 Å². The fourth-order valence-electron chi connectivity index (χ4n) is 2.27. The van der Waals surface area contributed by atoms with E-state index in [1.165, 1.54) is 12.2 Å². The van der Waals surface area contributed by atoms with E-state index in [0.29, 0.717) is 0 Å². The largest absolute Gasteiger partial charge is 4.00 e. The Morgan fingerprint density at radius 1 is 0.615 bits per heavy atom. The molecule has 0 aliphatic heterocycles. The first-order valence-corrected chi connectivity index (χ1v) is 11.4. The van der Waals surface area contributed by atoms with Crippen molar-refractivity contribution < 1.29 is 74.5 Å². The van der Waals surface area contributed by atoms with E-state index in [2.05, 4.69) is 84.0 Å². The quantitative estimate of drug-likeness (QED) is 0.251. The molecular formula is C22H12F8O4Si4Ti. The van der Waals surface area contributed by atoms with Crippen LogP contribution in [0.1, 0.15) is 12.8 Å². The maximum absolute atomic E-state index is 13.4. The molecule has 12 radical (unpaired) electrons. The number of hydrogen-bond acceptors (Lipinski definition) is 4. The van der Waals surface area contributed by atoms with Gasteiger partial charge in [-0.2, -0.15) is 24.3 Å². The molecule has 4 aliphatic rings. The summed E-state index contributed by atoms with van der Waals surface area (Å²) in [5.74, 6) is -20.2. The molecule has 4 rings (SSSR count). The minimum absolute atomic E-state index is 0. The standard InChI is InChI=1S/2C6HF4O2Si2.2C5H5.Ti/c2*7-3-1-5(9,11-13)6(10,12-14)2-4(3)8;2*1-2-4-5-3-1;/h2*1H;2*1-3H,4H2;/q4*-1;+4. The third-order valence-electron chi connectivity index (χ3n) is 4.21. The smallest absolute Gasteiger partial charge is 0.395 e. The molecule has 39 heavy (non-hydrogen) atoms. The molecule has 4 unspecified atom stereocenters. The van der Waals surface area contributed by atoms with E-state index in [0.717, 1.165) is 12.8 Å². The van der Waals surface area contributed by atoms with Crippen molar-refractivity contribution in [3.63, 3.8) is 0 Å². The van der Waals surface area contributed by atoms with Crippen LogP contribution in [0.4, 0.5) is 35.1 Å². The Labute approximate surface area is 248 Å². The molecule has 4 nitrogen and oxygen atoms in total. The van der Waals surface area contributed by atoms with E-state index >= 15 is 0 Å². The Kier molecular flexibility index (Phi) is 16.4. The second-order valence-electron chi connectivity index (χ2n) is 6.76. The van der Waals surface area contributed by atoms with Crippen LogP contribution < -0.4 is 0 Å². The summed E-state index contributed by atoms with van der Waals surface area (Å²) in [6.07, 6.45) is 22.2. The van der Waals surface area contributed by atoms with Gasteiger partial charge in [-0.3, -0.25) is 12.2 Å². The molecular weight excluding hydrogens is 640 g/mol. The molecule has 0 saturated carbocycles. The van der Waals surface area contributed by atoms with Crippen molar-refractivity contribution in [1.29, 1.82) is 0 Å². The van der Waals surface area contributed by atoms with Gasteiger partial charge in [0.05, 0.1) is 0 Å². The fraction of sp³-hybridized carbons (Fsp3) is 0.273. The summed E-state index contributed by atoms with van der Waals surface area (Å²) in [5, 5.41) is 0. The fourth-order valence-corrected chi connectivity index (χ4v) is 3.03. The first kappa shape index (κ1) is 37.8. The molecule has 0 N–H and O–H groups in total. The molecule has 0 aromatic heterocycles. The summed E-state index contributed by atoms with van der Waals surface area (Å²) in [4.78, 5) is 0. The van der Waals surface area contributed by atoms with Crippen LogP contribution in [0, 0.1) is 24.3 Å². The van der Waals surface area contributed by atoms with Crippen molar-refractivity contribution >= 4 is 41.9 Å². The Bertz CT molecular complexity index is 909. The molecule has 17 heteroatoms. The van der Waals surface area contributed by atoms with Gasteiger partial charge in [-0.05, 0) is 11.7 Å². The predicted octanol–water partition coefficient (Wildman–Crippen LogP) is 4.69. The van der Waals surface area contributed by atoms with E-state index < -0.39 is 46.7 Å². The number of alkyl halides is 4. The normalized spacial score (nSPS) is 31.7. The predicted molar refractivity (Wildman–Crippen MR) is 120 cm³/mol. The SMILES string of the molecule is FC1=[C-]C(F)(O[Si])C(F)(O[Si])C=C1F.FC1=[C-]C(F)(O[Si])C(F)(O[Si])C=C1F.[C-]1=CC=CC1.[C-]1=CC=CC1.[Ti+4]. The van der Waals surface area contributed by atoms with Crippen molar-refractivity contribution in [3.05, 3.63) is 96.2 Å². The maximum atomic E-state index is 13.4. The zero-order valence-corrected chi connectivity index (χ0v) is 24.8. The van der Waals surface area contributed by atoms with Crippen LogP contribution in [-0.4, -0.2) is 65.4 Å². The minimum atomic E-state index is -3.43. The van der Waals surface area contributed by atoms with Gasteiger partial charge in [0.25, 0.3) is 32.7 Å². The molecule has 0 fully saturated rings. The van der Waals surface area contributed by atoms with Gasteiger partial charge in [0.2, 0.25) is 32.7 Å². The summed E-state index contributed by atoms with van der Waals surface area (Å²) < 4.78 is 119. The minimum Gasteiger partial charge on any atom is -0.395 e. The Balaban J connectivity index is 0.000000537. The van der Waals surface area contributed by atoms with Gasteiger partial charge in [0.1, 0.15) is 0 Å². The number of allylic oxidation sites excluding steroid dienone is 12. The third kappa shape index (κ3) is 9.98. The molecule has 0 aromatic rings. The van der Waals surface area contributed by atoms with Crippen molar-refractivity contribution in [2.24, 2.45) is 0 Å². The van der Waals surface area contributed by atoms with Crippen LogP contribution in [-0.2, 0) is 39.4 Å². The third-order valence-corrected chi connectivity index (χ3v) is 5.37. The zero-order chi connectivity index (χ0) is 29.0. The van der Waals surface area contributed by atoms with Crippen LogP contribution in [0.2, 0.25) is 0 Å². The number of hydrogen-bond donors (Lipinski definition) is 0. The summed E-state index contributed by atoms with van der Waals surface area (Å²) in [7, 11) is 8.70. The first-order chi connectivity index (χ1) is 17.8. The van der Waals surface area contributed by atoms with Crippen LogP contribution in [0.25, 0.3) is 0 Å². The summed E-state index contributed by atoms with van der Waals surface area (Å²) >= 11 is 0. The summed E-state index contributed by atoms with van der Waals surface area (Å²) in [6.45, 7) is 0. The molecule has 0 amide bonds. The summed E-state index contributed by atoms with van der Waals surface area (Å²) in [6, 6.07) is 0. The van der Waals surface area contributed by atoms with Gasteiger partial charge in [-0.1, -0.05) is 12.2 Å². The van der Waals surface area contributed by atoms with Crippen molar-refractivity contribution in [2.45, 2.75) is 36.3 Å². The van der Waals surface area contributed by atoms with Gasteiger partial charge >= 0.3 is 21.7 Å². The molecule has 0 spiro atoms. The Morgan fingerprint density at radius 3 is 1.13 bits per heavy atom. The van der Waals surface area contributed by atoms with Crippen molar-refractivity contribution in [1.82, 2.24) is 0 Å². The average molecular weight is 653 g/mol. The van der Waals surface area contributed by atoms with Crippen LogP contribution in [0.15, 0.2) is 71.9 Å². The number of halogens is 8. The molecule has 4 atom stereocenters. The monoisotopic (exact) mass is 652 g/mol. The first-order valence-electron chi connectivity index (χ1n) is 9.73. The van der Waals surface area contributed by atoms with Gasteiger partial charge in [0.15, 0.2) is 0 Å². The summed E-state index contributed by atoms with van der Waals surface area (Å²) in [5.41, 5.74) is 0. The second kappa shape index (κ2) is 16.9. The molecule has 0 aromatic carbocycles. The zero-order valence-electron chi connectivity index (χ0n) is 19.2. The van der Waals surface area contributed by atoms with Crippen LogP contribution >= 0.6 is 0 Å². The van der Waals surface area contributed by atoms with E-state index in [1.54, 1.807) is 0 Å². The average Bonchev–Trinajstić information content (AvgIpc) is 3.66. The molecule has 0 heterocycles. The van der Waals surface area contributed by atoms with Gasteiger partial charge in [-0.25, -0.2) is 50.6 Å². The van der Waals surface area contributed by atoms with E-state index in [1.807, 2.05) is 24.3 Å². The van der Waals surface area contributed by atoms with Gasteiger partial charge < -0.3 is 26.5 Å². The van der Waals surface area contributed by atoms with Gasteiger partial charge in [0, 0.05) is 11.7 Å². The topological polar surface area (TPSA) is 36.9 Å². The molecule has 0 saturated heterocycles. The van der Waals surface area contributed by atoms with E-state index in [9.17, 15) is 35.1 Å². The van der Waals surface area contributed by atoms with Crippen LogP contribution in [0.3, 0.4) is 0 Å². The molecule has 0 bridgehead atoms. The van der Waals surface area contributed by atoms with E-state index in [-0.39, 0.29) is 33.9 Å².